The number of nitrogens with one attached hydrogen (secondary N) is 3. The number of hydrogen-bond donors (Lipinski definition) is 4. The normalized spacial score (nSPS) is 10.7. The van der Waals surface area contributed by atoms with E-state index in [9.17, 15) is 19.2 Å². The second kappa shape index (κ2) is 11.0. The molecule has 0 aliphatic rings. The highest BCUT2D eigenvalue weighted by Gasteiger charge is 2.22. The summed E-state index contributed by atoms with van der Waals surface area (Å²) >= 11 is 0. The maximum atomic E-state index is 12.6. The van der Waals surface area contributed by atoms with Crippen LogP contribution < -0.4 is 32.5 Å². The largest absolute Gasteiger partial charge is 0.383 e. The Morgan fingerprint density at radius 2 is 1.90 bits per heavy atom. The second-order valence-corrected chi connectivity index (χ2v) is 7.16. The number of nitrogen functional groups attached to an aromatic ring is 1. The number of amides is 3. The van der Waals surface area contributed by atoms with Crippen LogP contribution in [0.3, 0.4) is 0 Å². The molecule has 0 unspecified atom stereocenters. The zero-order valence-electron chi connectivity index (χ0n) is 17.8. The Balaban J connectivity index is 2.36. The van der Waals surface area contributed by atoms with E-state index < -0.39 is 23.2 Å². The number of imide groups is 1. The van der Waals surface area contributed by atoms with E-state index in [1.54, 1.807) is 13.8 Å². The minimum Gasteiger partial charge on any atom is -0.383 e. The number of benzene rings is 1. The number of aromatic amines is 1. The van der Waals surface area contributed by atoms with Gasteiger partial charge < -0.3 is 20.7 Å². The molecule has 2 aromatic rings. The first-order valence-electron chi connectivity index (χ1n) is 9.73. The van der Waals surface area contributed by atoms with E-state index in [0.29, 0.717) is 0 Å². The number of anilines is 2. The molecule has 0 saturated carbocycles. The monoisotopic (exact) mass is 432 g/mol. The molecule has 3 amide bonds. The third-order valence-electron chi connectivity index (χ3n) is 4.29. The number of carbonyl (C=O) groups is 2. The van der Waals surface area contributed by atoms with Crippen LogP contribution >= 0.6 is 0 Å². The molecule has 1 aromatic heterocycles. The van der Waals surface area contributed by atoms with Gasteiger partial charge in [0.1, 0.15) is 11.5 Å². The molecule has 0 radical (unpaired) electrons. The number of hydrogen-bond acceptors (Lipinski definition) is 7. The molecule has 11 heteroatoms. The van der Waals surface area contributed by atoms with Gasteiger partial charge in [0.2, 0.25) is 5.91 Å². The summed E-state index contributed by atoms with van der Waals surface area (Å²) in [5.41, 5.74) is 5.56. The van der Waals surface area contributed by atoms with E-state index in [0.717, 1.165) is 5.56 Å². The van der Waals surface area contributed by atoms with E-state index in [1.807, 2.05) is 30.3 Å². The van der Waals surface area contributed by atoms with Gasteiger partial charge in [0, 0.05) is 19.7 Å². The fourth-order valence-electron chi connectivity index (χ4n) is 2.92. The van der Waals surface area contributed by atoms with Gasteiger partial charge in [-0.05, 0) is 19.4 Å². The molecule has 0 atom stereocenters. The molecule has 0 fully saturated rings. The first kappa shape index (κ1) is 23.7. The summed E-state index contributed by atoms with van der Waals surface area (Å²) < 4.78 is 6.28. The predicted octanol–water partition coefficient (Wildman–Crippen LogP) is -0.146. The Bertz CT molecular complexity index is 1010. The number of carbonyl (C=O) groups excluding carboxylic acids is 2. The van der Waals surface area contributed by atoms with Gasteiger partial charge in [0.05, 0.1) is 19.7 Å². The molecule has 31 heavy (non-hydrogen) atoms. The third-order valence-corrected chi connectivity index (χ3v) is 4.29. The molecule has 11 nitrogen and oxygen atoms in total. The topological polar surface area (TPSA) is 152 Å². The van der Waals surface area contributed by atoms with Crippen LogP contribution in [0.25, 0.3) is 0 Å². The number of nitrogens with two attached hydrogens (primary N) is 1. The van der Waals surface area contributed by atoms with Crippen LogP contribution in [0, 0.1) is 0 Å². The van der Waals surface area contributed by atoms with Gasteiger partial charge in [-0.3, -0.25) is 24.5 Å². The van der Waals surface area contributed by atoms with Gasteiger partial charge in [-0.1, -0.05) is 30.3 Å². The average molecular weight is 432 g/mol. The summed E-state index contributed by atoms with van der Waals surface area (Å²) in [5.74, 6) is -0.734. The SMILES string of the molecule is COCCN(CC(=O)NC(=O)NC(C)C)c1c(N)n(Cc2ccccc2)c(=O)[nH]c1=O. The Labute approximate surface area is 179 Å². The van der Waals surface area contributed by atoms with Gasteiger partial charge in [0.15, 0.2) is 0 Å². The fraction of sp³-hybridized carbons (Fsp3) is 0.400. The number of aromatic nitrogens is 2. The number of rotatable bonds is 9. The molecular weight excluding hydrogens is 404 g/mol. The smallest absolute Gasteiger partial charge is 0.330 e. The molecular formula is C20H28N6O5. The zero-order chi connectivity index (χ0) is 23.0. The van der Waals surface area contributed by atoms with Crippen LogP contribution in [-0.4, -0.2) is 54.3 Å². The minimum absolute atomic E-state index is 0.0491. The van der Waals surface area contributed by atoms with Crippen molar-refractivity contribution >= 4 is 23.4 Å². The van der Waals surface area contributed by atoms with Crippen LogP contribution in [0.4, 0.5) is 16.3 Å². The lowest BCUT2D eigenvalue weighted by Gasteiger charge is -2.25. The molecule has 0 saturated heterocycles. The predicted molar refractivity (Wildman–Crippen MR) is 117 cm³/mol. The number of methoxy groups -OCH3 is 1. The number of urea groups is 1. The van der Waals surface area contributed by atoms with Crippen LogP contribution in [0.1, 0.15) is 19.4 Å². The van der Waals surface area contributed by atoms with E-state index >= 15 is 0 Å². The lowest BCUT2D eigenvalue weighted by molar-refractivity contribution is -0.118. The first-order chi connectivity index (χ1) is 14.7. The Morgan fingerprint density at radius 3 is 2.52 bits per heavy atom. The van der Waals surface area contributed by atoms with Crippen molar-refractivity contribution in [2.45, 2.75) is 26.4 Å². The number of ether oxygens (including phenoxy) is 1. The van der Waals surface area contributed by atoms with Gasteiger partial charge in [-0.25, -0.2) is 9.59 Å². The number of nitrogens with zero attached hydrogens (tertiary/aromatic N) is 2. The van der Waals surface area contributed by atoms with Gasteiger partial charge in [-0.15, -0.1) is 0 Å². The van der Waals surface area contributed by atoms with Crippen LogP contribution in [0.15, 0.2) is 39.9 Å². The van der Waals surface area contributed by atoms with Crippen molar-refractivity contribution in [2.75, 3.05) is 37.4 Å². The lowest BCUT2D eigenvalue weighted by Crippen LogP contribution is -2.48. The Morgan fingerprint density at radius 1 is 1.23 bits per heavy atom. The van der Waals surface area contributed by atoms with E-state index in [2.05, 4.69) is 15.6 Å². The molecule has 1 heterocycles. The maximum absolute atomic E-state index is 12.6. The summed E-state index contributed by atoms with van der Waals surface area (Å²) in [6.07, 6.45) is 0. The molecule has 0 aliphatic carbocycles. The van der Waals surface area contributed by atoms with E-state index in [4.69, 9.17) is 10.5 Å². The Kier molecular flexibility index (Phi) is 8.38. The molecule has 168 valence electrons. The van der Waals surface area contributed by atoms with E-state index in [1.165, 1.54) is 16.6 Å². The highest BCUT2D eigenvalue weighted by atomic mass is 16.5. The van der Waals surface area contributed by atoms with Crippen LogP contribution in [-0.2, 0) is 16.1 Å². The third kappa shape index (κ3) is 6.71. The summed E-state index contributed by atoms with van der Waals surface area (Å²) in [7, 11) is 1.47. The van der Waals surface area contributed by atoms with Crippen molar-refractivity contribution in [3.63, 3.8) is 0 Å². The molecule has 1 aromatic carbocycles. The lowest BCUT2D eigenvalue weighted by atomic mass is 10.2. The summed E-state index contributed by atoms with van der Waals surface area (Å²) in [6.45, 7) is 3.62. The summed E-state index contributed by atoms with van der Waals surface area (Å²) in [6, 6.07) is 8.32. The fourth-order valence-corrected chi connectivity index (χ4v) is 2.92. The van der Waals surface area contributed by atoms with Crippen LogP contribution in [0.2, 0.25) is 0 Å². The molecule has 0 spiro atoms. The first-order valence-corrected chi connectivity index (χ1v) is 9.73. The van der Waals surface area contributed by atoms with E-state index in [-0.39, 0.29) is 43.8 Å². The zero-order valence-corrected chi connectivity index (χ0v) is 17.8. The van der Waals surface area contributed by atoms with Crippen LogP contribution in [0.5, 0.6) is 0 Å². The van der Waals surface area contributed by atoms with Crippen molar-refractivity contribution in [3.05, 3.63) is 56.7 Å². The maximum Gasteiger partial charge on any atom is 0.330 e. The van der Waals surface area contributed by atoms with Crippen molar-refractivity contribution in [1.82, 2.24) is 20.2 Å². The standard InChI is InChI=1S/C20H28N6O5/c1-13(2)22-19(29)23-15(27)12-25(9-10-31-3)16-17(21)26(20(30)24-18(16)28)11-14-7-5-4-6-8-14/h4-8,13H,9-12,21H2,1-3H3,(H,24,28,30)(H2,22,23,27,29). The summed E-state index contributed by atoms with van der Waals surface area (Å²) in [5, 5.41) is 4.74. The molecule has 5 N–H and O–H groups in total. The highest BCUT2D eigenvalue weighted by molar-refractivity contribution is 5.96. The minimum atomic E-state index is -0.734. The molecule has 0 aliphatic heterocycles. The van der Waals surface area contributed by atoms with Crippen molar-refractivity contribution < 1.29 is 14.3 Å². The van der Waals surface area contributed by atoms with Crippen molar-refractivity contribution in [2.24, 2.45) is 0 Å². The summed E-state index contributed by atoms with van der Waals surface area (Å²) in [4.78, 5) is 52.7. The second-order valence-electron chi connectivity index (χ2n) is 7.16. The highest BCUT2D eigenvalue weighted by Crippen LogP contribution is 2.17. The van der Waals surface area contributed by atoms with Gasteiger partial charge >= 0.3 is 11.7 Å². The van der Waals surface area contributed by atoms with Crippen molar-refractivity contribution in [3.8, 4) is 0 Å². The Hall–Kier alpha value is -3.60. The quantitative estimate of drug-likeness (QED) is 0.430. The average Bonchev–Trinajstić information content (AvgIpc) is 2.69. The van der Waals surface area contributed by atoms with Gasteiger partial charge in [0.25, 0.3) is 5.56 Å². The van der Waals surface area contributed by atoms with Gasteiger partial charge in [-0.2, -0.15) is 0 Å². The molecule has 2 rings (SSSR count). The van der Waals surface area contributed by atoms with Crippen molar-refractivity contribution in [1.29, 1.82) is 0 Å². The molecule has 0 bridgehead atoms. The number of H-pyrrole nitrogens is 1.